The standard InChI is InChI=1S/C22H26ClN7O4S/c1-35(33,34)14-4-2-13(3-5-14)10-17(32)30-8-6-22(7-9-30)12-26-16(29-22)11-15(31)18-20(24)28-21(25)19(23)27-18/h2-5,11,26,29H,6-10,12H2,1H3,(H4,24,25,28)/b16-11+. The lowest BCUT2D eigenvalue weighted by molar-refractivity contribution is -0.132. The summed E-state index contributed by atoms with van der Waals surface area (Å²) in [7, 11) is -3.27. The smallest absolute Gasteiger partial charge is 0.226 e. The predicted octanol–water partition coefficient (Wildman–Crippen LogP) is 0.519. The molecule has 11 nitrogen and oxygen atoms in total. The van der Waals surface area contributed by atoms with E-state index >= 15 is 0 Å². The lowest BCUT2D eigenvalue weighted by Crippen LogP contribution is -2.53. The van der Waals surface area contributed by atoms with E-state index in [2.05, 4.69) is 20.6 Å². The van der Waals surface area contributed by atoms with Crippen LogP contribution in [0.15, 0.2) is 41.1 Å². The minimum atomic E-state index is -3.27. The summed E-state index contributed by atoms with van der Waals surface area (Å²) in [5, 5.41) is 6.47. The van der Waals surface area contributed by atoms with Gasteiger partial charge in [0.25, 0.3) is 0 Å². The number of rotatable bonds is 5. The van der Waals surface area contributed by atoms with Gasteiger partial charge in [-0.05, 0) is 30.5 Å². The maximum Gasteiger partial charge on any atom is 0.226 e. The number of anilines is 2. The number of likely N-dealkylation sites (tertiary alicyclic amines) is 1. The van der Waals surface area contributed by atoms with Crippen molar-refractivity contribution in [3.63, 3.8) is 0 Å². The molecule has 1 amide bonds. The number of carbonyl (C=O) groups excluding carboxylic acids is 2. The Hall–Kier alpha value is -3.38. The molecule has 0 saturated carbocycles. The van der Waals surface area contributed by atoms with Crippen molar-refractivity contribution in [2.45, 2.75) is 29.7 Å². The Kier molecular flexibility index (Phi) is 6.60. The van der Waals surface area contributed by atoms with E-state index in [1.807, 2.05) is 0 Å². The molecule has 6 N–H and O–H groups in total. The highest BCUT2D eigenvalue weighted by Crippen LogP contribution is 2.27. The molecule has 186 valence electrons. The summed E-state index contributed by atoms with van der Waals surface area (Å²) in [5.74, 6) is -0.0811. The molecule has 1 aromatic carbocycles. The van der Waals surface area contributed by atoms with Crippen LogP contribution in [0.2, 0.25) is 5.15 Å². The average Bonchev–Trinajstić information content (AvgIpc) is 3.18. The van der Waals surface area contributed by atoms with E-state index < -0.39 is 15.6 Å². The number of ketones is 1. The average molecular weight is 520 g/mol. The molecular formula is C22H26ClN7O4S. The van der Waals surface area contributed by atoms with Gasteiger partial charge in [0.2, 0.25) is 11.7 Å². The first kappa shape index (κ1) is 24.7. The Labute approximate surface area is 207 Å². The van der Waals surface area contributed by atoms with Gasteiger partial charge in [0.15, 0.2) is 32.3 Å². The molecule has 2 aliphatic heterocycles. The van der Waals surface area contributed by atoms with E-state index in [-0.39, 0.29) is 45.2 Å². The summed E-state index contributed by atoms with van der Waals surface area (Å²) < 4.78 is 23.2. The topological polar surface area (TPSA) is 173 Å². The second-order valence-electron chi connectivity index (χ2n) is 8.79. The Morgan fingerprint density at radius 1 is 1.14 bits per heavy atom. The summed E-state index contributed by atoms with van der Waals surface area (Å²) >= 11 is 5.86. The zero-order valence-corrected chi connectivity index (χ0v) is 20.6. The minimum absolute atomic E-state index is 0.0156. The summed E-state index contributed by atoms with van der Waals surface area (Å²) in [6, 6.07) is 6.37. The lowest BCUT2D eigenvalue weighted by Gasteiger charge is -2.39. The fourth-order valence-electron chi connectivity index (χ4n) is 4.17. The number of halogens is 1. The van der Waals surface area contributed by atoms with Gasteiger partial charge in [-0.3, -0.25) is 9.59 Å². The summed E-state index contributed by atoms with van der Waals surface area (Å²) in [6.07, 6.45) is 4.10. The van der Waals surface area contributed by atoms with Gasteiger partial charge in [0.1, 0.15) is 5.82 Å². The van der Waals surface area contributed by atoms with Crippen molar-refractivity contribution >= 4 is 44.8 Å². The van der Waals surface area contributed by atoms with Gasteiger partial charge in [0.05, 0.1) is 16.9 Å². The SMILES string of the molecule is CS(=O)(=O)c1ccc(CC(=O)N2CCC3(CC2)CN/C(=C\C(=O)c2nc(Cl)c(N)nc2N)N3)cc1. The van der Waals surface area contributed by atoms with Crippen molar-refractivity contribution in [3.05, 3.63) is 52.6 Å². The van der Waals surface area contributed by atoms with Gasteiger partial charge in [-0.15, -0.1) is 0 Å². The predicted molar refractivity (Wildman–Crippen MR) is 131 cm³/mol. The highest BCUT2D eigenvalue weighted by Gasteiger charge is 2.40. The lowest BCUT2D eigenvalue weighted by atomic mass is 9.88. The number of benzene rings is 1. The summed E-state index contributed by atoms with van der Waals surface area (Å²) in [4.78, 5) is 35.2. The first-order valence-corrected chi connectivity index (χ1v) is 13.2. The fourth-order valence-corrected chi connectivity index (χ4v) is 4.93. The van der Waals surface area contributed by atoms with E-state index in [9.17, 15) is 18.0 Å². The third kappa shape index (κ3) is 5.49. The van der Waals surface area contributed by atoms with Crippen molar-refractivity contribution in [2.75, 3.05) is 37.4 Å². The van der Waals surface area contributed by atoms with Gasteiger partial charge in [-0.1, -0.05) is 23.7 Å². The Morgan fingerprint density at radius 3 is 2.43 bits per heavy atom. The third-order valence-corrected chi connectivity index (χ3v) is 7.62. The zero-order valence-electron chi connectivity index (χ0n) is 19.0. The first-order valence-electron chi connectivity index (χ1n) is 10.9. The molecule has 2 saturated heterocycles. The molecular weight excluding hydrogens is 494 g/mol. The highest BCUT2D eigenvalue weighted by molar-refractivity contribution is 7.90. The van der Waals surface area contributed by atoms with Crippen LogP contribution in [0.4, 0.5) is 11.6 Å². The number of nitrogen functional groups attached to an aromatic ring is 2. The van der Waals surface area contributed by atoms with Crippen LogP contribution in [0.1, 0.15) is 28.9 Å². The van der Waals surface area contributed by atoms with Gasteiger partial charge in [-0.25, -0.2) is 18.4 Å². The molecule has 0 bridgehead atoms. The quantitative estimate of drug-likeness (QED) is 0.322. The molecule has 0 unspecified atom stereocenters. The molecule has 2 aromatic rings. The fraction of sp³-hybridized carbons (Fsp3) is 0.364. The second kappa shape index (κ2) is 9.34. The largest absolute Gasteiger partial charge is 0.382 e. The maximum atomic E-state index is 12.8. The Bertz CT molecular complexity index is 1300. The van der Waals surface area contributed by atoms with Gasteiger partial charge in [0, 0.05) is 32.0 Å². The van der Waals surface area contributed by atoms with Crippen LogP contribution in [0.3, 0.4) is 0 Å². The van der Waals surface area contributed by atoms with Crippen molar-refractivity contribution < 1.29 is 18.0 Å². The van der Waals surface area contributed by atoms with Crippen molar-refractivity contribution in [1.29, 1.82) is 0 Å². The van der Waals surface area contributed by atoms with E-state index in [0.717, 1.165) is 11.8 Å². The number of nitrogens with two attached hydrogens (primary N) is 2. The number of hydrogen-bond donors (Lipinski definition) is 4. The summed E-state index contributed by atoms with van der Waals surface area (Å²) in [6.45, 7) is 1.72. The molecule has 13 heteroatoms. The maximum absolute atomic E-state index is 12.8. The Balaban J connectivity index is 1.34. The van der Waals surface area contributed by atoms with Gasteiger partial charge in [-0.2, -0.15) is 0 Å². The number of nitrogens with zero attached hydrogens (tertiary/aromatic N) is 3. The van der Waals surface area contributed by atoms with E-state index in [1.54, 1.807) is 17.0 Å². The number of piperidine rings is 1. The number of allylic oxidation sites excluding steroid dienone is 1. The molecule has 2 fully saturated rings. The molecule has 0 atom stereocenters. The second-order valence-corrected chi connectivity index (χ2v) is 11.2. The number of sulfone groups is 1. The highest BCUT2D eigenvalue weighted by atomic mass is 35.5. The number of hydrogen-bond acceptors (Lipinski definition) is 10. The normalized spacial score (nSPS) is 18.3. The van der Waals surface area contributed by atoms with Crippen LogP contribution in [-0.4, -0.2) is 66.4 Å². The monoisotopic (exact) mass is 519 g/mol. The number of carbonyl (C=O) groups is 2. The number of amides is 1. The Morgan fingerprint density at radius 2 is 1.80 bits per heavy atom. The van der Waals surface area contributed by atoms with Crippen LogP contribution in [0, 0.1) is 0 Å². The van der Waals surface area contributed by atoms with Crippen molar-refractivity contribution in [1.82, 2.24) is 25.5 Å². The zero-order chi connectivity index (χ0) is 25.4. The minimum Gasteiger partial charge on any atom is -0.382 e. The van der Waals surface area contributed by atoms with Crippen LogP contribution in [0.5, 0.6) is 0 Å². The van der Waals surface area contributed by atoms with Crippen molar-refractivity contribution in [2.24, 2.45) is 0 Å². The summed E-state index contributed by atoms with van der Waals surface area (Å²) in [5.41, 5.74) is 11.7. The van der Waals surface area contributed by atoms with Crippen LogP contribution >= 0.6 is 11.6 Å². The molecule has 0 aliphatic carbocycles. The number of nitrogens with one attached hydrogen (secondary N) is 2. The molecule has 0 radical (unpaired) electrons. The van der Waals surface area contributed by atoms with Crippen LogP contribution < -0.4 is 22.1 Å². The van der Waals surface area contributed by atoms with Crippen molar-refractivity contribution in [3.8, 4) is 0 Å². The molecule has 1 spiro atoms. The third-order valence-electron chi connectivity index (χ3n) is 6.21. The van der Waals surface area contributed by atoms with Crippen LogP contribution in [0.25, 0.3) is 0 Å². The molecule has 1 aromatic heterocycles. The molecule has 4 rings (SSSR count). The number of aromatic nitrogens is 2. The van der Waals surface area contributed by atoms with Gasteiger partial charge < -0.3 is 27.0 Å². The van der Waals surface area contributed by atoms with E-state index in [4.69, 9.17) is 23.1 Å². The molecule has 3 heterocycles. The molecule has 2 aliphatic rings. The first-order chi connectivity index (χ1) is 16.5. The van der Waals surface area contributed by atoms with E-state index in [0.29, 0.717) is 38.3 Å². The van der Waals surface area contributed by atoms with Crippen LogP contribution in [-0.2, 0) is 21.1 Å². The van der Waals surface area contributed by atoms with Gasteiger partial charge >= 0.3 is 0 Å². The van der Waals surface area contributed by atoms with E-state index in [1.165, 1.54) is 18.2 Å². The molecule has 35 heavy (non-hydrogen) atoms.